The number of rotatable bonds is 4. The second-order valence-electron chi connectivity index (χ2n) is 6.55. The molecule has 6 heteroatoms. The fourth-order valence-corrected chi connectivity index (χ4v) is 3.23. The number of methoxy groups -OCH3 is 1. The van der Waals surface area contributed by atoms with Gasteiger partial charge in [-0.15, -0.1) is 0 Å². The third kappa shape index (κ3) is 3.48. The average molecular weight is 385 g/mol. The third-order valence-electron chi connectivity index (χ3n) is 4.73. The number of carbonyl (C=O) groups excluding carboxylic acids is 1. The van der Waals surface area contributed by atoms with Gasteiger partial charge in [-0.3, -0.25) is 9.59 Å². The molecule has 0 unspecified atom stereocenters. The molecule has 1 N–H and O–H groups in total. The topological polar surface area (TPSA) is 73.2 Å². The van der Waals surface area contributed by atoms with E-state index >= 15 is 0 Å². The highest BCUT2D eigenvalue weighted by atomic mass is 16.5. The molecule has 6 nitrogen and oxygen atoms in total. The van der Waals surface area contributed by atoms with E-state index in [1.54, 1.807) is 44.5 Å². The summed E-state index contributed by atoms with van der Waals surface area (Å²) in [7, 11) is 3.19. The van der Waals surface area contributed by atoms with Crippen LogP contribution < -0.4 is 15.6 Å². The lowest BCUT2D eigenvalue weighted by Crippen LogP contribution is -2.20. The van der Waals surface area contributed by atoms with Gasteiger partial charge in [0.15, 0.2) is 0 Å². The van der Waals surface area contributed by atoms with Crippen LogP contribution in [0.2, 0.25) is 0 Å². The molecule has 0 saturated heterocycles. The zero-order valence-corrected chi connectivity index (χ0v) is 16.0. The van der Waals surface area contributed by atoms with Gasteiger partial charge in [0.05, 0.1) is 23.9 Å². The molecule has 0 radical (unpaired) electrons. The Hall–Kier alpha value is -3.93. The van der Waals surface area contributed by atoms with E-state index in [-0.39, 0.29) is 11.5 Å². The van der Waals surface area contributed by atoms with Crippen molar-refractivity contribution in [3.8, 4) is 17.0 Å². The summed E-state index contributed by atoms with van der Waals surface area (Å²) in [4.78, 5) is 24.9. The van der Waals surface area contributed by atoms with Crippen molar-refractivity contribution >= 4 is 22.4 Å². The van der Waals surface area contributed by atoms with Gasteiger partial charge in [-0.2, -0.15) is 5.10 Å². The fraction of sp³-hybridized carbons (Fsp3) is 0.0870. The molecule has 29 heavy (non-hydrogen) atoms. The van der Waals surface area contributed by atoms with Crippen LogP contribution in [0.5, 0.6) is 5.75 Å². The van der Waals surface area contributed by atoms with E-state index in [0.29, 0.717) is 28.1 Å². The molecule has 3 aromatic carbocycles. The molecule has 0 aliphatic rings. The number of para-hydroxylation sites is 2. The van der Waals surface area contributed by atoms with Crippen LogP contribution in [-0.4, -0.2) is 22.8 Å². The van der Waals surface area contributed by atoms with Crippen molar-refractivity contribution in [3.63, 3.8) is 0 Å². The smallest absolute Gasteiger partial charge is 0.274 e. The first-order valence-corrected chi connectivity index (χ1v) is 9.09. The van der Waals surface area contributed by atoms with Gasteiger partial charge >= 0.3 is 0 Å². The van der Waals surface area contributed by atoms with Gasteiger partial charge in [0.25, 0.3) is 11.5 Å². The fourth-order valence-electron chi connectivity index (χ4n) is 3.23. The Morgan fingerprint density at radius 3 is 2.31 bits per heavy atom. The predicted molar refractivity (Wildman–Crippen MR) is 113 cm³/mol. The summed E-state index contributed by atoms with van der Waals surface area (Å²) in [5.41, 5.74) is 2.49. The number of fused-ring (bicyclic) bond motifs is 1. The Kier molecular flexibility index (Phi) is 4.83. The van der Waals surface area contributed by atoms with E-state index in [1.807, 2.05) is 42.5 Å². The number of hydrogen-bond donors (Lipinski definition) is 1. The Bertz CT molecular complexity index is 1260. The minimum Gasteiger partial charge on any atom is -0.495 e. The van der Waals surface area contributed by atoms with Crippen LogP contribution in [0.1, 0.15) is 10.4 Å². The molecule has 0 atom stereocenters. The van der Waals surface area contributed by atoms with Crippen molar-refractivity contribution in [1.82, 2.24) is 9.78 Å². The van der Waals surface area contributed by atoms with Crippen LogP contribution in [0.15, 0.2) is 77.6 Å². The Morgan fingerprint density at radius 1 is 0.931 bits per heavy atom. The van der Waals surface area contributed by atoms with Crippen LogP contribution >= 0.6 is 0 Å². The van der Waals surface area contributed by atoms with E-state index in [2.05, 4.69) is 10.4 Å². The van der Waals surface area contributed by atoms with Gasteiger partial charge in [0, 0.05) is 23.6 Å². The van der Waals surface area contributed by atoms with Crippen LogP contribution in [-0.2, 0) is 7.05 Å². The highest BCUT2D eigenvalue weighted by Gasteiger charge is 2.13. The first-order chi connectivity index (χ1) is 14.1. The van der Waals surface area contributed by atoms with Crippen molar-refractivity contribution in [2.24, 2.45) is 7.05 Å². The molecule has 1 amide bonds. The molecule has 0 bridgehead atoms. The van der Waals surface area contributed by atoms with Crippen molar-refractivity contribution in [2.45, 2.75) is 0 Å². The normalized spacial score (nSPS) is 10.7. The Labute approximate surface area is 167 Å². The number of benzene rings is 3. The van der Waals surface area contributed by atoms with Crippen molar-refractivity contribution in [1.29, 1.82) is 0 Å². The molecule has 1 heterocycles. The lowest BCUT2D eigenvalue weighted by atomic mass is 10.0. The molecule has 1 aromatic heterocycles. The van der Waals surface area contributed by atoms with Crippen LogP contribution in [0.3, 0.4) is 0 Å². The van der Waals surface area contributed by atoms with Crippen molar-refractivity contribution < 1.29 is 9.53 Å². The summed E-state index contributed by atoms with van der Waals surface area (Å²) in [5.74, 6) is 0.359. The number of anilines is 1. The van der Waals surface area contributed by atoms with Gasteiger partial charge in [0.2, 0.25) is 0 Å². The second-order valence-corrected chi connectivity index (χ2v) is 6.55. The van der Waals surface area contributed by atoms with Crippen molar-refractivity contribution in [3.05, 3.63) is 88.7 Å². The first-order valence-electron chi connectivity index (χ1n) is 9.09. The molecular weight excluding hydrogens is 366 g/mol. The lowest BCUT2D eigenvalue weighted by molar-refractivity contribution is 0.102. The lowest BCUT2D eigenvalue weighted by Gasteiger charge is -2.11. The monoisotopic (exact) mass is 385 g/mol. The number of aryl methyl sites for hydroxylation is 1. The summed E-state index contributed by atoms with van der Waals surface area (Å²) in [6.45, 7) is 0. The van der Waals surface area contributed by atoms with Gasteiger partial charge < -0.3 is 10.1 Å². The molecule has 0 saturated carbocycles. The number of carbonyl (C=O) groups is 1. The van der Waals surface area contributed by atoms with Crippen LogP contribution in [0.25, 0.3) is 22.0 Å². The number of nitrogens with one attached hydrogen (secondary N) is 1. The quantitative estimate of drug-likeness (QED) is 0.579. The van der Waals surface area contributed by atoms with E-state index in [1.165, 1.54) is 4.68 Å². The summed E-state index contributed by atoms with van der Waals surface area (Å²) in [5, 5.41) is 8.67. The number of aromatic nitrogens is 2. The molecule has 0 fully saturated rings. The van der Waals surface area contributed by atoms with E-state index in [9.17, 15) is 9.59 Å². The molecule has 0 aliphatic carbocycles. The number of amides is 1. The SMILES string of the molecule is COc1ccccc1NC(=O)c1ccc(-c2nn(C)c(=O)c3ccccc23)cc1. The van der Waals surface area contributed by atoms with Crippen LogP contribution in [0, 0.1) is 0 Å². The average Bonchev–Trinajstić information content (AvgIpc) is 2.77. The van der Waals surface area contributed by atoms with E-state index in [4.69, 9.17) is 4.74 Å². The summed E-state index contributed by atoms with van der Waals surface area (Å²) in [6, 6.07) is 21.8. The first kappa shape index (κ1) is 18.4. The van der Waals surface area contributed by atoms with Crippen LogP contribution in [0.4, 0.5) is 5.69 Å². The summed E-state index contributed by atoms with van der Waals surface area (Å²) in [6.07, 6.45) is 0. The van der Waals surface area contributed by atoms with Gasteiger partial charge in [-0.25, -0.2) is 4.68 Å². The third-order valence-corrected chi connectivity index (χ3v) is 4.73. The van der Waals surface area contributed by atoms with E-state index < -0.39 is 0 Å². The molecule has 0 spiro atoms. The number of ether oxygens (including phenoxy) is 1. The molecule has 0 aliphatic heterocycles. The summed E-state index contributed by atoms with van der Waals surface area (Å²) < 4.78 is 6.60. The maximum Gasteiger partial charge on any atom is 0.274 e. The van der Waals surface area contributed by atoms with Gasteiger partial charge in [0.1, 0.15) is 5.75 Å². The summed E-state index contributed by atoms with van der Waals surface area (Å²) >= 11 is 0. The highest BCUT2D eigenvalue weighted by Crippen LogP contribution is 2.26. The molecule has 144 valence electrons. The van der Waals surface area contributed by atoms with Crippen molar-refractivity contribution in [2.75, 3.05) is 12.4 Å². The zero-order valence-electron chi connectivity index (χ0n) is 16.0. The van der Waals surface area contributed by atoms with E-state index in [0.717, 1.165) is 10.9 Å². The Balaban J connectivity index is 1.67. The number of hydrogen-bond acceptors (Lipinski definition) is 4. The zero-order chi connectivity index (χ0) is 20.4. The molecule has 4 aromatic rings. The maximum absolute atomic E-state index is 12.6. The molecular formula is C23H19N3O3. The number of nitrogens with zero attached hydrogens (tertiary/aromatic N) is 2. The second kappa shape index (κ2) is 7.59. The van der Waals surface area contributed by atoms with Gasteiger partial charge in [-0.05, 0) is 30.3 Å². The highest BCUT2D eigenvalue weighted by molar-refractivity contribution is 6.05. The largest absolute Gasteiger partial charge is 0.495 e. The standard InChI is InChI=1S/C23H19N3O3/c1-26-23(28)18-8-4-3-7-17(18)21(25-26)15-11-13-16(14-12-15)22(27)24-19-9-5-6-10-20(19)29-2/h3-14H,1-2H3,(H,24,27). The predicted octanol–water partition coefficient (Wildman–Crippen LogP) is 3.86. The maximum atomic E-state index is 12.6. The Morgan fingerprint density at radius 2 is 1.59 bits per heavy atom. The minimum absolute atomic E-state index is 0.142. The minimum atomic E-state index is -0.237. The van der Waals surface area contributed by atoms with Gasteiger partial charge in [-0.1, -0.05) is 42.5 Å². The molecule has 4 rings (SSSR count).